The molecule has 1 aromatic rings. The third-order valence-corrected chi connectivity index (χ3v) is 4.07. The van der Waals surface area contributed by atoms with Crippen molar-refractivity contribution in [2.45, 2.75) is 43.8 Å². The van der Waals surface area contributed by atoms with Crippen LogP contribution in [-0.2, 0) is 5.41 Å². The Morgan fingerprint density at radius 1 is 1.12 bits per heavy atom. The summed E-state index contributed by atoms with van der Waals surface area (Å²) in [6.45, 7) is 0. The number of halogens is 2. The molecule has 1 aliphatic carbocycles. The van der Waals surface area contributed by atoms with E-state index in [4.69, 9.17) is 0 Å². The Kier molecular flexibility index (Phi) is 2.16. The van der Waals surface area contributed by atoms with E-state index >= 15 is 0 Å². The Hall–Kier alpha value is -1.12. The average molecular weight is 223 g/mol. The van der Waals surface area contributed by atoms with E-state index in [9.17, 15) is 8.87 Å². The Bertz CT molecular complexity index is 399. The molecule has 3 rings (SSSR count). The predicted octanol–water partition coefficient (Wildman–Crippen LogP) is 3.89. The van der Waals surface area contributed by atoms with Gasteiger partial charge in [-0.25, -0.2) is 4.39 Å². The second-order valence-electron chi connectivity index (χ2n) is 4.88. The van der Waals surface area contributed by atoms with Crippen LogP contribution in [0.25, 0.3) is 0 Å². The molecule has 3 heteroatoms. The SMILES string of the molecule is FC1N(F)c2ccccc2C12CCCCC2. The maximum Gasteiger partial charge on any atom is 0.210 e. The lowest BCUT2D eigenvalue weighted by atomic mass is 9.70. The zero-order valence-corrected chi connectivity index (χ0v) is 9.13. The highest BCUT2D eigenvalue weighted by Gasteiger charge is 2.52. The van der Waals surface area contributed by atoms with Crippen molar-refractivity contribution >= 4 is 5.69 Å². The zero-order valence-electron chi connectivity index (χ0n) is 9.13. The van der Waals surface area contributed by atoms with Crippen molar-refractivity contribution in [1.29, 1.82) is 0 Å². The van der Waals surface area contributed by atoms with Crippen LogP contribution in [0.5, 0.6) is 0 Å². The molecule has 1 heterocycles. The van der Waals surface area contributed by atoms with E-state index in [-0.39, 0.29) is 0 Å². The van der Waals surface area contributed by atoms with Crippen LogP contribution in [0.3, 0.4) is 0 Å². The molecule has 16 heavy (non-hydrogen) atoms. The van der Waals surface area contributed by atoms with Crippen molar-refractivity contribution in [3.8, 4) is 0 Å². The number of hydrogen-bond donors (Lipinski definition) is 0. The van der Waals surface area contributed by atoms with Gasteiger partial charge in [-0.2, -0.15) is 5.12 Å². The highest BCUT2D eigenvalue weighted by atomic mass is 19.2. The predicted molar refractivity (Wildman–Crippen MR) is 59.7 cm³/mol. The van der Waals surface area contributed by atoms with Crippen molar-refractivity contribution < 1.29 is 8.87 Å². The van der Waals surface area contributed by atoms with E-state index in [1.165, 1.54) is 0 Å². The van der Waals surface area contributed by atoms with Crippen molar-refractivity contribution in [3.63, 3.8) is 0 Å². The minimum absolute atomic E-state index is 0.320. The van der Waals surface area contributed by atoms with Crippen LogP contribution in [0.1, 0.15) is 37.7 Å². The molecule has 1 aromatic carbocycles. The van der Waals surface area contributed by atoms with Crippen molar-refractivity contribution in [3.05, 3.63) is 29.8 Å². The van der Waals surface area contributed by atoms with Crippen LogP contribution in [0.4, 0.5) is 14.6 Å². The monoisotopic (exact) mass is 223 g/mol. The lowest BCUT2D eigenvalue weighted by Crippen LogP contribution is -2.40. The molecule has 0 bridgehead atoms. The van der Waals surface area contributed by atoms with Gasteiger partial charge in [-0.15, -0.1) is 0 Å². The molecular weight excluding hydrogens is 208 g/mol. The summed E-state index contributed by atoms with van der Waals surface area (Å²) >= 11 is 0. The number of benzene rings is 1. The topological polar surface area (TPSA) is 3.24 Å². The first kappa shape index (κ1) is 10.1. The van der Waals surface area contributed by atoms with Gasteiger partial charge in [0.1, 0.15) is 0 Å². The van der Waals surface area contributed by atoms with Crippen molar-refractivity contribution in [2.75, 3.05) is 5.12 Å². The van der Waals surface area contributed by atoms with Crippen LogP contribution in [0.15, 0.2) is 24.3 Å². The number of rotatable bonds is 0. The summed E-state index contributed by atoms with van der Waals surface area (Å²) in [7, 11) is 0. The van der Waals surface area contributed by atoms with Crippen LogP contribution in [-0.4, -0.2) is 6.30 Å². The summed E-state index contributed by atoms with van der Waals surface area (Å²) in [5.74, 6) is 0. The standard InChI is InChI=1S/C13H15F2N/c14-12-13(8-4-1-5-9-13)10-6-2-3-7-11(10)16(12)15/h2-3,6-7,12H,1,4-5,8-9H2. The lowest BCUT2D eigenvalue weighted by molar-refractivity contribution is 0.112. The molecule has 86 valence electrons. The molecule has 1 aliphatic heterocycles. The van der Waals surface area contributed by atoms with Crippen LogP contribution in [0, 0.1) is 0 Å². The normalized spacial score (nSPS) is 27.1. The van der Waals surface area contributed by atoms with E-state index in [2.05, 4.69) is 0 Å². The van der Waals surface area contributed by atoms with Crippen LogP contribution < -0.4 is 5.12 Å². The minimum atomic E-state index is -1.50. The second-order valence-corrected chi connectivity index (χ2v) is 4.88. The number of fused-ring (bicyclic) bond motifs is 2. The van der Waals surface area contributed by atoms with Crippen LogP contribution >= 0.6 is 0 Å². The number of hydrogen-bond acceptors (Lipinski definition) is 1. The molecular formula is C13H15F2N. The fourth-order valence-corrected chi connectivity index (χ4v) is 3.24. The molecule has 1 atom stereocenters. The van der Waals surface area contributed by atoms with Gasteiger partial charge in [0.2, 0.25) is 6.30 Å². The quantitative estimate of drug-likeness (QED) is 0.476. The molecule has 1 spiro atoms. The molecule has 1 nitrogen and oxygen atoms in total. The number of nitrogens with zero attached hydrogens (tertiary/aromatic N) is 1. The zero-order chi connectivity index (χ0) is 11.2. The van der Waals surface area contributed by atoms with Gasteiger partial charge in [0.25, 0.3) is 0 Å². The maximum absolute atomic E-state index is 14.2. The third kappa shape index (κ3) is 1.14. The smallest absolute Gasteiger partial charge is 0.210 e. The van der Waals surface area contributed by atoms with E-state index in [1.807, 2.05) is 12.1 Å². The molecule has 0 radical (unpaired) electrons. The summed E-state index contributed by atoms with van der Waals surface area (Å²) < 4.78 is 28.0. The van der Waals surface area contributed by atoms with E-state index in [0.717, 1.165) is 37.7 Å². The van der Waals surface area contributed by atoms with Crippen molar-refractivity contribution in [1.82, 2.24) is 0 Å². The molecule has 1 unspecified atom stereocenters. The number of anilines is 1. The second kappa shape index (κ2) is 3.44. The van der Waals surface area contributed by atoms with Gasteiger partial charge < -0.3 is 0 Å². The Morgan fingerprint density at radius 3 is 2.56 bits per heavy atom. The van der Waals surface area contributed by atoms with Gasteiger partial charge in [-0.05, 0) is 24.5 Å². The summed E-state index contributed by atoms with van der Waals surface area (Å²) in [5, 5.41) is 0.320. The first-order valence-corrected chi connectivity index (χ1v) is 5.94. The number of alkyl halides is 1. The molecule has 0 amide bonds. The summed E-state index contributed by atoms with van der Waals surface area (Å²) in [6.07, 6.45) is 3.19. The Morgan fingerprint density at radius 2 is 1.81 bits per heavy atom. The average Bonchev–Trinajstić information content (AvgIpc) is 2.55. The fourth-order valence-electron chi connectivity index (χ4n) is 3.24. The van der Waals surface area contributed by atoms with Gasteiger partial charge in [0.15, 0.2) is 0 Å². The maximum atomic E-state index is 14.2. The molecule has 0 saturated heterocycles. The first-order valence-electron chi connectivity index (χ1n) is 5.94. The van der Waals surface area contributed by atoms with Crippen molar-refractivity contribution in [2.24, 2.45) is 0 Å². The number of para-hydroxylation sites is 1. The lowest BCUT2D eigenvalue weighted by Gasteiger charge is -2.35. The van der Waals surface area contributed by atoms with E-state index in [0.29, 0.717) is 10.8 Å². The first-order chi connectivity index (χ1) is 7.76. The van der Waals surface area contributed by atoms with E-state index < -0.39 is 11.7 Å². The Labute approximate surface area is 94.0 Å². The minimum Gasteiger partial charge on any atom is -0.220 e. The Balaban J connectivity index is 2.12. The summed E-state index contributed by atoms with van der Waals surface area (Å²) in [6, 6.07) is 7.19. The largest absolute Gasteiger partial charge is 0.220 e. The van der Waals surface area contributed by atoms with Gasteiger partial charge >= 0.3 is 0 Å². The van der Waals surface area contributed by atoms with E-state index in [1.54, 1.807) is 12.1 Å². The highest BCUT2D eigenvalue weighted by molar-refractivity contribution is 5.61. The van der Waals surface area contributed by atoms with Crippen LogP contribution in [0.2, 0.25) is 0 Å². The van der Waals surface area contributed by atoms with Gasteiger partial charge in [-0.1, -0.05) is 41.9 Å². The molecule has 0 aromatic heterocycles. The molecule has 0 N–H and O–H groups in total. The van der Waals surface area contributed by atoms with Gasteiger partial charge in [-0.3, -0.25) is 0 Å². The third-order valence-electron chi connectivity index (χ3n) is 4.07. The van der Waals surface area contributed by atoms with Gasteiger partial charge in [0, 0.05) is 5.41 Å². The fraction of sp³-hybridized carbons (Fsp3) is 0.538. The van der Waals surface area contributed by atoms with Gasteiger partial charge in [0.05, 0.1) is 5.69 Å². The summed E-state index contributed by atoms with van der Waals surface area (Å²) in [4.78, 5) is 0. The molecule has 1 saturated carbocycles. The molecule has 2 aliphatic rings. The molecule has 1 fully saturated rings. The summed E-state index contributed by atoms with van der Waals surface area (Å²) in [5.41, 5.74) is 0.713. The highest BCUT2D eigenvalue weighted by Crippen LogP contribution is 2.53.